The van der Waals surface area contributed by atoms with Crippen LogP contribution in [0.15, 0.2) is 40.1 Å². The van der Waals surface area contributed by atoms with Gasteiger partial charge in [0.2, 0.25) is 0 Å². The molecule has 1 aromatic carbocycles. The van der Waals surface area contributed by atoms with Crippen LogP contribution in [0.5, 0.6) is 5.75 Å². The number of aliphatic hydroxyl groups is 1. The molecule has 0 amide bonds. The Morgan fingerprint density at radius 1 is 1.11 bits per heavy atom. The molecule has 210 valence electrons. The lowest BCUT2D eigenvalue weighted by Crippen LogP contribution is -2.48. The van der Waals surface area contributed by atoms with Crippen molar-refractivity contribution in [1.82, 2.24) is 9.13 Å². The Labute approximate surface area is 222 Å². The zero-order valence-corrected chi connectivity index (χ0v) is 22.7. The lowest BCUT2D eigenvalue weighted by Gasteiger charge is -2.31. The SMILES string of the molecule is CCCCOC[C@@]1(C(=O)O)C[C@@H](n2cc(C)c(=O)n(Cc3ccc(OC)cc3)c2=O)[C@H](O)[C@@H]1OCCCC. The average molecular weight is 533 g/mol. The van der Waals surface area contributed by atoms with E-state index in [2.05, 4.69) is 0 Å². The first kappa shape index (κ1) is 29.6. The number of aryl methyl sites for hydroxylation is 1. The Hall–Kier alpha value is -2.95. The second-order valence-electron chi connectivity index (χ2n) is 10.0. The van der Waals surface area contributed by atoms with Crippen LogP contribution >= 0.6 is 0 Å². The number of hydrogen-bond acceptors (Lipinski definition) is 7. The van der Waals surface area contributed by atoms with Gasteiger partial charge in [0.15, 0.2) is 0 Å². The number of rotatable bonds is 14. The second kappa shape index (κ2) is 13.2. The Kier molecular flexibility index (Phi) is 10.3. The highest BCUT2D eigenvalue weighted by molar-refractivity contribution is 5.76. The van der Waals surface area contributed by atoms with Crippen LogP contribution in [0.1, 0.15) is 63.1 Å². The molecular formula is C28H40N2O8. The van der Waals surface area contributed by atoms with Gasteiger partial charge in [0.25, 0.3) is 5.56 Å². The maximum Gasteiger partial charge on any atom is 0.331 e. The highest BCUT2D eigenvalue weighted by Crippen LogP contribution is 2.46. The molecule has 4 atom stereocenters. The van der Waals surface area contributed by atoms with E-state index in [1.807, 2.05) is 13.8 Å². The summed E-state index contributed by atoms with van der Waals surface area (Å²) in [7, 11) is 1.55. The average Bonchev–Trinajstić information content (AvgIpc) is 3.19. The number of ether oxygens (including phenoxy) is 3. The number of benzene rings is 1. The van der Waals surface area contributed by atoms with E-state index in [9.17, 15) is 24.6 Å². The van der Waals surface area contributed by atoms with Crippen molar-refractivity contribution in [2.24, 2.45) is 5.41 Å². The Morgan fingerprint density at radius 3 is 2.37 bits per heavy atom. The molecule has 1 aliphatic carbocycles. The van der Waals surface area contributed by atoms with E-state index < -0.39 is 40.9 Å². The molecule has 0 bridgehead atoms. The third-order valence-corrected chi connectivity index (χ3v) is 7.27. The van der Waals surface area contributed by atoms with E-state index in [4.69, 9.17) is 14.2 Å². The summed E-state index contributed by atoms with van der Waals surface area (Å²) in [5.41, 5.74) is -1.59. The molecule has 38 heavy (non-hydrogen) atoms. The third kappa shape index (κ3) is 6.19. The molecule has 0 unspecified atom stereocenters. The van der Waals surface area contributed by atoms with Crippen LogP contribution in [0.4, 0.5) is 0 Å². The van der Waals surface area contributed by atoms with Crippen molar-refractivity contribution in [3.63, 3.8) is 0 Å². The summed E-state index contributed by atoms with van der Waals surface area (Å²) in [5, 5.41) is 21.8. The lowest BCUT2D eigenvalue weighted by molar-refractivity contribution is -0.169. The van der Waals surface area contributed by atoms with E-state index in [0.29, 0.717) is 24.3 Å². The predicted molar refractivity (Wildman–Crippen MR) is 142 cm³/mol. The van der Waals surface area contributed by atoms with Gasteiger partial charge in [0.05, 0.1) is 26.3 Å². The van der Waals surface area contributed by atoms with Gasteiger partial charge in [0, 0.05) is 25.0 Å². The minimum atomic E-state index is -1.55. The van der Waals surface area contributed by atoms with Crippen molar-refractivity contribution in [3.8, 4) is 5.75 Å². The van der Waals surface area contributed by atoms with Crippen molar-refractivity contribution in [1.29, 1.82) is 0 Å². The highest BCUT2D eigenvalue weighted by Gasteiger charge is 2.60. The van der Waals surface area contributed by atoms with E-state index in [0.717, 1.165) is 29.4 Å². The molecule has 2 N–H and O–H groups in total. The number of unbranched alkanes of at least 4 members (excludes halogenated alkanes) is 2. The van der Waals surface area contributed by atoms with Gasteiger partial charge >= 0.3 is 11.7 Å². The topological polar surface area (TPSA) is 129 Å². The molecule has 3 rings (SSSR count). The summed E-state index contributed by atoms with van der Waals surface area (Å²) in [6, 6.07) is 6.10. The smallest absolute Gasteiger partial charge is 0.331 e. The number of carboxylic acid groups (broad SMARTS) is 1. The summed E-state index contributed by atoms with van der Waals surface area (Å²) < 4.78 is 19.3. The molecule has 0 radical (unpaired) electrons. The third-order valence-electron chi connectivity index (χ3n) is 7.27. The molecule has 1 saturated carbocycles. The van der Waals surface area contributed by atoms with Crippen LogP contribution in [-0.4, -0.2) is 64.5 Å². The number of carbonyl (C=O) groups is 1. The summed E-state index contributed by atoms with van der Waals surface area (Å²) in [6.07, 6.45) is 2.17. The van der Waals surface area contributed by atoms with Gasteiger partial charge in [-0.3, -0.25) is 18.7 Å². The molecule has 10 nitrogen and oxygen atoms in total. The number of methoxy groups -OCH3 is 1. The Morgan fingerprint density at radius 2 is 1.76 bits per heavy atom. The number of aliphatic carboxylic acids is 1. The van der Waals surface area contributed by atoms with Gasteiger partial charge < -0.3 is 24.4 Å². The first-order chi connectivity index (χ1) is 18.2. The molecule has 1 heterocycles. The fraction of sp³-hybridized carbons (Fsp3) is 0.607. The second-order valence-corrected chi connectivity index (χ2v) is 10.0. The van der Waals surface area contributed by atoms with E-state index in [1.165, 1.54) is 10.8 Å². The minimum absolute atomic E-state index is 0.0206. The van der Waals surface area contributed by atoms with Gasteiger partial charge in [-0.25, -0.2) is 4.79 Å². The van der Waals surface area contributed by atoms with E-state index in [-0.39, 0.29) is 26.2 Å². The molecule has 0 saturated heterocycles. The maximum atomic E-state index is 13.6. The standard InChI is InChI=1S/C28H40N2O8/c1-5-7-13-37-18-28(26(33)34)15-22(23(31)24(28)38-14-8-6-2)29-16-19(3)25(32)30(27(29)35)17-20-9-11-21(36-4)12-10-20/h9-12,16,22-24,31H,5-8,13-15,17-18H2,1-4H3,(H,33,34)/t22-,23+,24+,28+/m1/s1. The van der Waals surface area contributed by atoms with Crippen molar-refractivity contribution >= 4 is 5.97 Å². The van der Waals surface area contributed by atoms with Crippen LogP contribution in [0.3, 0.4) is 0 Å². The van der Waals surface area contributed by atoms with Crippen molar-refractivity contribution in [2.45, 2.75) is 77.7 Å². The van der Waals surface area contributed by atoms with Crippen molar-refractivity contribution in [2.75, 3.05) is 26.9 Å². The van der Waals surface area contributed by atoms with E-state index in [1.54, 1.807) is 38.3 Å². The van der Waals surface area contributed by atoms with Gasteiger partial charge in [-0.15, -0.1) is 0 Å². The summed E-state index contributed by atoms with van der Waals surface area (Å²) in [4.78, 5) is 39.3. The summed E-state index contributed by atoms with van der Waals surface area (Å²) >= 11 is 0. The fourth-order valence-electron chi connectivity index (χ4n) is 4.98. The zero-order chi connectivity index (χ0) is 27.9. The minimum Gasteiger partial charge on any atom is -0.497 e. The fourth-order valence-corrected chi connectivity index (χ4v) is 4.98. The molecule has 0 aliphatic heterocycles. The van der Waals surface area contributed by atoms with Gasteiger partial charge in [-0.1, -0.05) is 38.8 Å². The molecule has 1 aliphatic rings. The van der Waals surface area contributed by atoms with Crippen LogP contribution < -0.4 is 16.0 Å². The monoisotopic (exact) mass is 532 g/mol. The van der Waals surface area contributed by atoms with Crippen molar-refractivity contribution < 1.29 is 29.2 Å². The summed E-state index contributed by atoms with van der Waals surface area (Å²) in [6.45, 7) is 6.14. The van der Waals surface area contributed by atoms with E-state index >= 15 is 0 Å². The first-order valence-corrected chi connectivity index (χ1v) is 13.3. The number of aliphatic hydroxyl groups excluding tert-OH is 1. The van der Waals surface area contributed by atoms with Crippen LogP contribution in [0.25, 0.3) is 0 Å². The molecule has 1 fully saturated rings. The number of carboxylic acids is 1. The molecular weight excluding hydrogens is 492 g/mol. The predicted octanol–water partition coefficient (Wildman–Crippen LogP) is 2.75. The van der Waals surface area contributed by atoms with Gasteiger partial charge in [-0.2, -0.15) is 0 Å². The van der Waals surface area contributed by atoms with Gasteiger partial charge in [0.1, 0.15) is 23.4 Å². The molecule has 10 heteroatoms. The largest absolute Gasteiger partial charge is 0.497 e. The number of aromatic nitrogens is 2. The zero-order valence-electron chi connectivity index (χ0n) is 22.7. The van der Waals surface area contributed by atoms with Crippen molar-refractivity contribution in [3.05, 3.63) is 62.4 Å². The molecule has 2 aromatic rings. The maximum absolute atomic E-state index is 13.6. The van der Waals surface area contributed by atoms with Crippen LogP contribution in [0, 0.1) is 12.3 Å². The quantitative estimate of drug-likeness (QED) is 0.356. The molecule has 0 spiro atoms. The lowest BCUT2D eigenvalue weighted by atomic mass is 9.84. The summed E-state index contributed by atoms with van der Waals surface area (Å²) in [5.74, 6) is -0.495. The first-order valence-electron chi connectivity index (χ1n) is 13.3. The highest BCUT2D eigenvalue weighted by atomic mass is 16.5. The van der Waals surface area contributed by atoms with Crippen LogP contribution in [-0.2, 0) is 20.8 Å². The van der Waals surface area contributed by atoms with Crippen LogP contribution in [0.2, 0.25) is 0 Å². The normalized spacial score (nSPS) is 23.0. The number of hydrogen-bond donors (Lipinski definition) is 2. The Balaban J connectivity index is 2.02. The Bertz CT molecular complexity index is 1190. The van der Waals surface area contributed by atoms with Gasteiger partial charge in [-0.05, 0) is 43.9 Å². The molecule has 1 aromatic heterocycles. The number of nitrogens with zero attached hydrogens (tertiary/aromatic N) is 2.